The van der Waals surface area contributed by atoms with Crippen LogP contribution < -0.4 is 5.32 Å². The number of rotatable bonds is 4. The highest BCUT2D eigenvalue weighted by atomic mass is 16.4. The normalized spacial score (nSPS) is 9.62. The lowest BCUT2D eigenvalue weighted by molar-refractivity contribution is -0.134. The molecule has 0 unspecified atom stereocenters. The summed E-state index contributed by atoms with van der Waals surface area (Å²) < 4.78 is 0. The standard InChI is InChI=1S/C8H11N3O2/c1-2-6-3-4-9-8(11-6)10-5-7(12)13/h3-4H,2,5H2,1H3,(H,12,13)(H,9,10,11). The van der Waals surface area contributed by atoms with Gasteiger partial charge >= 0.3 is 5.97 Å². The predicted molar refractivity (Wildman–Crippen MR) is 47.5 cm³/mol. The molecule has 0 aliphatic carbocycles. The summed E-state index contributed by atoms with van der Waals surface area (Å²) in [4.78, 5) is 18.2. The molecule has 5 heteroatoms. The van der Waals surface area contributed by atoms with Crippen LogP contribution in [0.15, 0.2) is 12.3 Å². The topological polar surface area (TPSA) is 75.1 Å². The summed E-state index contributed by atoms with van der Waals surface area (Å²) in [5, 5.41) is 11.0. The number of carboxylic acids is 1. The molecule has 0 aromatic carbocycles. The molecule has 1 aromatic rings. The van der Waals surface area contributed by atoms with Gasteiger partial charge in [-0.15, -0.1) is 0 Å². The van der Waals surface area contributed by atoms with Crippen molar-refractivity contribution in [3.8, 4) is 0 Å². The first-order valence-electron chi connectivity index (χ1n) is 4.00. The number of carbonyl (C=O) groups is 1. The maximum absolute atomic E-state index is 10.2. The third-order valence-corrected chi connectivity index (χ3v) is 1.47. The van der Waals surface area contributed by atoms with Crippen molar-refractivity contribution in [1.29, 1.82) is 0 Å². The first-order chi connectivity index (χ1) is 6.22. The van der Waals surface area contributed by atoms with E-state index in [1.165, 1.54) is 0 Å². The number of aliphatic carboxylic acids is 1. The molecule has 1 aromatic heterocycles. The molecule has 13 heavy (non-hydrogen) atoms. The van der Waals surface area contributed by atoms with Crippen molar-refractivity contribution in [2.45, 2.75) is 13.3 Å². The monoisotopic (exact) mass is 181 g/mol. The minimum atomic E-state index is -0.925. The van der Waals surface area contributed by atoms with Crippen LogP contribution in [0.1, 0.15) is 12.6 Å². The van der Waals surface area contributed by atoms with Gasteiger partial charge < -0.3 is 10.4 Å². The zero-order valence-corrected chi connectivity index (χ0v) is 7.32. The molecular weight excluding hydrogens is 170 g/mol. The minimum absolute atomic E-state index is 0.160. The van der Waals surface area contributed by atoms with E-state index in [2.05, 4.69) is 15.3 Å². The number of nitrogens with zero attached hydrogens (tertiary/aromatic N) is 2. The highest BCUT2D eigenvalue weighted by molar-refractivity contribution is 5.71. The smallest absolute Gasteiger partial charge is 0.322 e. The summed E-state index contributed by atoms with van der Waals surface area (Å²) in [6, 6.07) is 1.80. The van der Waals surface area contributed by atoms with Gasteiger partial charge in [0.2, 0.25) is 5.95 Å². The Balaban J connectivity index is 2.61. The molecular formula is C8H11N3O2. The van der Waals surface area contributed by atoms with Crippen LogP contribution in [0, 0.1) is 0 Å². The highest BCUT2D eigenvalue weighted by Gasteiger charge is 1.99. The van der Waals surface area contributed by atoms with E-state index in [9.17, 15) is 4.79 Å². The van der Waals surface area contributed by atoms with Crippen molar-refractivity contribution in [2.24, 2.45) is 0 Å². The molecule has 0 saturated heterocycles. The number of carboxylic acid groups (broad SMARTS) is 1. The van der Waals surface area contributed by atoms with Crippen LogP contribution in [-0.2, 0) is 11.2 Å². The minimum Gasteiger partial charge on any atom is -0.480 e. The van der Waals surface area contributed by atoms with E-state index >= 15 is 0 Å². The van der Waals surface area contributed by atoms with Crippen LogP contribution in [0.3, 0.4) is 0 Å². The molecule has 0 amide bonds. The summed E-state index contributed by atoms with van der Waals surface area (Å²) in [6.07, 6.45) is 2.42. The SMILES string of the molecule is CCc1ccnc(NCC(=O)O)n1. The zero-order chi connectivity index (χ0) is 9.68. The first kappa shape index (κ1) is 9.44. The molecule has 1 rings (SSSR count). The zero-order valence-electron chi connectivity index (χ0n) is 7.32. The molecule has 5 nitrogen and oxygen atoms in total. The predicted octanol–water partition coefficient (Wildman–Crippen LogP) is 0.535. The van der Waals surface area contributed by atoms with Gasteiger partial charge in [-0.3, -0.25) is 4.79 Å². The van der Waals surface area contributed by atoms with E-state index in [0.29, 0.717) is 5.95 Å². The van der Waals surface area contributed by atoms with Gasteiger partial charge in [-0.25, -0.2) is 9.97 Å². The highest BCUT2D eigenvalue weighted by Crippen LogP contribution is 1.99. The molecule has 0 radical (unpaired) electrons. The van der Waals surface area contributed by atoms with Gasteiger partial charge in [0.25, 0.3) is 0 Å². The second kappa shape index (κ2) is 4.39. The van der Waals surface area contributed by atoms with Gasteiger partial charge in [0.1, 0.15) is 6.54 Å². The molecule has 0 aliphatic heterocycles. The Hall–Kier alpha value is -1.65. The first-order valence-corrected chi connectivity index (χ1v) is 4.00. The van der Waals surface area contributed by atoms with E-state index in [1.807, 2.05) is 6.92 Å². The van der Waals surface area contributed by atoms with Crippen molar-refractivity contribution in [3.63, 3.8) is 0 Å². The molecule has 0 saturated carbocycles. The van der Waals surface area contributed by atoms with Gasteiger partial charge in [0.05, 0.1) is 0 Å². The molecule has 70 valence electrons. The number of aromatic nitrogens is 2. The average Bonchev–Trinajstić information content (AvgIpc) is 2.15. The Morgan fingerprint density at radius 3 is 3.08 bits per heavy atom. The van der Waals surface area contributed by atoms with Gasteiger partial charge in [0.15, 0.2) is 0 Å². The lowest BCUT2D eigenvalue weighted by Crippen LogP contribution is -2.14. The molecule has 0 atom stereocenters. The van der Waals surface area contributed by atoms with E-state index in [4.69, 9.17) is 5.11 Å². The molecule has 0 fully saturated rings. The van der Waals surface area contributed by atoms with Gasteiger partial charge in [-0.1, -0.05) is 6.92 Å². The molecule has 0 spiro atoms. The average molecular weight is 181 g/mol. The number of nitrogens with one attached hydrogen (secondary N) is 1. The lowest BCUT2D eigenvalue weighted by Gasteiger charge is -2.01. The van der Waals surface area contributed by atoms with Crippen LogP contribution in [0.25, 0.3) is 0 Å². The van der Waals surface area contributed by atoms with Crippen molar-refractivity contribution < 1.29 is 9.90 Å². The third-order valence-electron chi connectivity index (χ3n) is 1.47. The second-order valence-electron chi connectivity index (χ2n) is 2.47. The largest absolute Gasteiger partial charge is 0.480 e. The van der Waals surface area contributed by atoms with Crippen molar-refractivity contribution in [2.75, 3.05) is 11.9 Å². The molecule has 2 N–H and O–H groups in total. The van der Waals surface area contributed by atoms with Gasteiger partial charge in [-0.2, -0.15) is 0 Å². The van der Waals surface area contributed by atoms with Crippen LogP contribution in [0.5, 0.6) is 0 Å². The Morgan fingerprint density at radius 1 is 1.69 bits per heavy atom. The summed E-state index contributed by atoms with van der Waals surface area (Å²) in [6.45, 7) is 1.82. The molecule has 0 bridgehead atoms. The van der Waals surface area contributed by atoms with Crippen molar-refractivity contribution in [3.05, 3.63) is 18.0 Å². The fraction of sp³-hybridized carbons (Fsp3) is 0.375. The van der Waals surface area contributed by atoms with Crippen LogP contribution in [0.2, 0.25) is 0 Å². The van der Waals surface area contributed by atoms with E-state index in [0.717, 1.165) is 12.1 Å². The maximum atomic E-state index is 10.2. The Morgan fingerprint density at radius 2 is 2.46 bits per heavy atom. The quantitative estimate of drug-likeness (QED) is 0.708. The lowest BCUT2D eigenvalue weighted by atomic mass is 10.3. The van der Waals surface area contributed by atoms with Crippen molar-refractivity contribution in [1.82, 2.24) is 9.97 Å². The van der Waals surface area contributed by atoms with Crippen LogP contribution in [0.4, 0.5) is 5.95 Å². The Labute approximate surface area is 75.8 Å². The maximum Gasteiger partial charge on any atom is 0.322 e. The van der Waals surface area contributed by atoms with E-state index < -0.39 is 5.97 Å². The van der Waals surface area contributed by atoms with Crippen molar-refractivity contribution >= 4 is 11.9 Å². The van der Waals surface area contributed by atoms with E-state index in [-0.39, 0.29) is 6.54 Å². The van der Waals surface area contributed by atoms with E-state index in [1.54, 1.807) is 12.3 Å². The number of anilines is 1. The second-order valence-corrected chi connectivity index (χ2v) is 2.47. The summed E-state index contributed by atoms with van der Waals surface area (Å²) in [5.74, 6) is -0.563. The Kier molecular flexibility index (Phi) is 3.19. The molecule has 1 heterocycles. The third kappa shape index (κ3) is 3.06. The number of hydrogen-bond acceptors (Lipinski definition) is 4. The fourth-order valence-electron chi connectivity index (χ4n) is 0.833. The van der Waals surface area contributed by atoms with Crippen LogP contribution >= 0.6 is 0 Å². The van der Waals surface area contributed by atoms with Crippen LogP contribution in [-0.4, -0.2) is 27.6 Å². The summed E-state index contributed by atoms with van der Waals surface area (Å²) in [7, 11) is 0. The van der Waals surface area contributed by atoms with Gasteiger partial charge in [-0.05, 0) is 12.5 Å². The number of hydrogen-bond donors (Lipinski definition) is 2. The molecule has 0 aliphatic rings. The van der Waals surface area contributed by atoms with Gasteiger partial charge in [0, 0.05) is 11.9 Å². The summed E-state index contributed by atoms with van der Waals surface area (Å²) >= 11 is 0. The summed E-state index contributed by atoms with van der Waals surface area (Å²) in [5.41, 5.74) is 0.892. The number of aryl methyl sites for hydroxylation is 1. The Bertz CT molecular complexity index is 301. The fourth-order valence-corrected chi connectivity index (χ4v) is 0.833.